The fourth-order valence-electron chi connectivity index (χ4n) is 3.23. The maximum Gasteiger partial charge on any atom is 0.261 e. The number of carbonyl (C=O) groups excluding carboxylic acids is 1. The Morgan fingerprint density at radius 3 is 2.53 bits per heavy atom. The number of hydrogen-bond donors (Lipinski definition) is 2. The summed E-state index contributed by atoms with van der Waals surface area (Å²) in [6.45, 7) is 1.82. The van der Waals surface area contributed by atoms with E-state index >= 15 is 0 Å². The summed E-state index contributed by atoms with van der Waals surface area (Å²) in [5.41, 5.74) is 2.45. The first kappa shape index (κ1) is 25.7. The molecule has 0 bridgehead atoms. The van der Waals surface area contributed by atoms with Crippen molar-refractivity contribution >= 4 is 61.8 Å². The van der Waals surface area contributed by atoms with Gasteiger partial charge >= 0.3 is 0 Å². The van der Waals surface area contributed by atoms with Crippen LogP contribution < -0.4 is 19.5 Å². The van der Waals surface area contributed by atoms with E-state index in [9.17, 15) is 13.2 Å². The van der Waals surface area contributed by atoms with Crippen LogP contribution in [0, 0.1) is 6.92 Å². The molecule has 0 aliphatic rings. The maximum atomic E-state index is 12.8. The van der Waals surface area contributed by atoms with E-state index in [0.29, 0.717) is 39.0 Å². The molecule has 0 saturated heterocycles. The fraction of sp³-hybridized carbons (Fsp3) is 0.167. The number of ether oxygens (including phenoxy) is 2. The molecule has 0 saturated carbocycles. The van der Waals surface area contributed by atoms with E-state index in [1.54, 1.807) is 36.4 Å². The van der Waals surface area contributed by atoms with Gasteiger partial charge in [0.05, 0.1) is 30.6 Å². The molecule has 4 aromatic rings. The van der Waals surface area contributed by atoms with Crippen LogP contribution in [0.15, 0.2) is 69.1 Å². The van der Waals surface area contributed by atoms with Gasteiger partial charge < -0.3 is 19.2 Å². The molecule has 36 heavy (non-hydrogen) atoms. The molecular formula is C24H22ClN3O6S2. The summed E-state index contributed by atoms with van der Waals surface area (Å²) in [6.07, 6.45) is 0. The molecule has 1 aromatic heterocycles. The number of rotatable bonds is 9. The highest BCUT2D eigenvalue weighted by atomic mass is 35.5. The molecule has 0 radical (unpaired) electrons. The van der Waals surface area contributed by atoms with Crippen LogP contribution in [0.25, 0.3) is 11.1 Å². The van der Waals surface area contributed by atoms with Crippen LogP contribution in [0.1, 0.15) is 5.56 Å². The van der Waals surface area contributed by atoms with Gasteiger partial charge in [0.15, 0.2) is 5.58 Å². The van der Waals surface area contributed by atoms with Crippen LogP contribution in [0.2, 0.25) is 5.02 Å². The van der Waals surface area contributed by atoms with Crippen molar-refractivity contribution in [1.29, 1.82) is 0 Å². The number of methoxy groups -OCH3 is 2. The highest BCUT2D eigenvalue weighted by molar-refractivity contribution is 7.99. The van der Waals surface area contributed by atoms with E-state index in [1.165, 1.54) is 32.4 Å². The molecule has 2 N–H and O–H groups in total. The van der Waals surface area contributed by atoms with Gasteiger partial charge in [-0.15, -0.1) is 0 Å². The van der Waals surface area contributed by atoms with Gasteiger partial charge in [-0.1, -0.05) is 23.4 Å². The van der Waals surface area contributed by atoms with E-state index in [4.69, 9.17) is 25.5 Å². The average molecular weight is 548 g/mol. The minimum atomic E-state index is -3.85. The third kappa shape index (κ3) is 5.86. The third-order valence-corrected chi connectivity index (χ3v) is 7.69. The Hall–Kier alpha value is -3.41. The molecule has 0 fully saturated rings. The Balaban J connectivity index is 1.44. The number of carbonyl (C=O) groups is 1. The number of aryl methyl sites for hydroxylation is 1. The Morgan fingerprint density at radius 2 is 1.83 bits per heavy atom. The lowest BCUT2D eigenvalue weighted by Crippen LogP contribution is -2.15. The van der Waals surface area contributed by atoms with Gasteiger partial charge in [0, 0.05) is 16.8 Å². The van der Waals surface area contributed by atoms with Crippen LogP contribution in [0.3, 0.4) is 0 Å². The predicted molar refractivity (Wildman–Crippen MR) is 140 cm³/mol. The lowest BCUT2D eigenvalue weighted by molar-refractivity contribution is -0.113. The highest BCUT2D eigenvalue weighted by Gasteiger charge is 2.18. The first-order valence-corrected chi connectivity index (χ1v) is 13.4. The summed E-state index contributed by atoms with van der Waals surface area (Å²) in [4.78, 5) is 16.8. The number of oxazole rings is 1. The van der Waals surface area contributed by atoms with Crippen molar-refractivity contribution < 1.29 is 27.1 Å². The normalized spacial score (nSPS) is 11.3. The number of halogens is 1. The Kier molecular flexibility index (Phi) is 7.62. The second-order valence-corrected chi connectivity index (χ2v) is 10.6. The van der Waals surface area contributed by atoms with E-state index < -0.39 is 10.0 Å². The second kappa shape index (κ2) is 10.7. The van der Waals surface area contributed by atoms with Crippen molar-refractivity contribution in [2.24, 2.45) is 0 Å². The number of fused-ring (bicyclic) bond motifs is 1. The molecule has 0 aliphatic carbocycles. The summed E-state index contributed by atoms with van der Waals surface area (Å²) in [7, 11) is -0.832. The largest absolute Gasteiger partial charge is 0.497 e. The molecular weight excluding hydrogens is 526 g/mol. The van der Waals surface area contributed by atoms with Crippen LogP contribution >= 0.6 is 23.4 Å². The molecule has 4 rings (SSSR count). The van der Waals surface area contributed by atoms with Crippen LogP contribution in [0.5, 0.6) is 11.5 Å². The number of thioether (sulfide) groups is 1. The van der Waals surface area contributed by atoms with Gasteiger partial charge in [-0.2, -0.15) is 0 Å². The quantitative estimate of drug-likeness (QED) is 0.269. The standard InChI is InChI=1S/C24H22ClN3O6S2/c1-14-10-19(22(33-3)12-18(14)25)26-23(29)13-35-24-27-20-11-17(8-9-21(20)34-24)36(30,31)28-15-4-6-16(32-2)7-5-15/h4-12,28H,13H2,1-3H3,(H,26,29). The number of sulfonamides is 1. The van der Waals surface area contributed by atoms with Gasteiger partial charge in [-0.25, -0.2) is 13.4 Å². The number of benzene rings is 3. The lowest BCUT2D eigenvalue weighted by atomic mass is 10.2. The van der Waals surface area contributed by atoms with Crippen molar-refractivity contribution in [2.45, 2.75) is 17.0 Å². The zero-order valence-electron chi connectivity index (χ0n) is 19.5. The molecule has 0 spiro atoms. The smallest absolute Gasteiger partial charge is 0.261 e. The summed E-state index contributed by atoms with van der Waals surface area (Å²) < 4.78 is 44.2. The Morgan fingerprint density at radius 1 is 1.08 bits per heavy atom. The van der Waals surface area contributed by atoms with Crippen molar-refractivity contribution in [3.63, 3.8) is 0 Å². The van der Waals surface area contributed by atoms with Gasteiger partial charge in [-0.3, -0.25) is 9.52 Å². The van der Waals surface area contributed by atoms with Gasteiger partial charge in [0.25, 0.3) is 15.2 Å². The minimum absolute atomic E-state index is 0.0157. The zero-order valence-corrected chi connectivity index (χ0v) is 21.9. The summed E-state index contributed by atoms with van der Waals surface area (Å²) in [6, 6.07) is 14.2. The fourth-order valence-corrected chi connectivity index (χ4v) is 5.10. The number of hydrogen-bond acceptors (Lipinski definition) is 8. The van der Waals surface area contributed by atoms with Gasteiger partial charge in [-0.05, 0) is 61.0 Å². The molecule has 9 nitrogen and oxygen atoms in total. The SMILES string of the molecule is COc1ccc(NS(=O)(=O)c2ccc3oc(SCC(=O)Nc4cc(C)c(Cl)cc4OC)nc3c2)cc1. The minimum Gasteiger partial charge on any atom is -0.497 e. The summed E-state index contributed by atoms with van der Waals surface area (Å²) >= 11 is 7.19. The summed E-state index contributed by atoms with van der Waals surface area (Å²) in [5, 5.41) is 3.55. The third-order valence-electron chi connectivity index (χ3n) is 5.07. The first-order valence-electron chi connectivity index (χ1n) is 10.5. The molecule has 0 aliphatic heterocycles. The van der Waals surface area contributed by atoms with Crippen molar-refractivity contribution in [2.75, 3.05) is 30.0 Å². The lowest BCUT2D eigenvalue weighted by Gasteiger charge is -2.11. The molecule has 0 unspecified atom stereocenters. The number of anilines is 2. The van der Waals surface area contributed by atoms with E-state index in [1.807, 2.05) is 6.92 Å². The first-order chi connectivity index (χ1) is 17.2. The monoisotopic (exact) mass is 547 g/mol. The molecule has 0 atom stereocenters. The highest BCUT2D eigenvalue weighted by Crippen LogP contribution is 2.32. The van der Waals surface area contributed by atoms with E-state index in [0.717, 1.165) is 17.3 Å². The molecule has 3 aromatic carbocycles. The van der Waals surface area contributed by atoms with Crippen molar-refractivity contribution in [3.05, 3.63) is 65.2 Å². The maximum absolute atomic E-state index is 12.8. The number of nitrogens with zero attached hydrogens (tertiary/aromatic N) is 1. The van der Waals surface area contributed by atoms with Gasteiger partial charge in [0.2, 0.25) is 5.91 Å². The number of aromatic nitrogens is 1. The Bertz CT molecular complexity index is 1520. The molecule has 1 heterocycles. The zero-order chi connectivity index (χ0) is 25.9. The molecule has 12 heteroatoms. The number of nitrogens with one attached hydrogen (secondary N) is 2. The number of amides is 1. The molecule has 1 amide bonds. The van der Waals surface area contributed by atoms with Gasteiger partial charge in [0.1, 0.15) is 17.0 Å². The van der Waals surface area contributed by atoms with Crippen LogP contribution in [0.4, 0.5) is 11.4 Å². The van der Waals surface area contributed by atoms with Crippen molar-refractivity contribution in [3.8, 4) is 11.5 Å². The topological polar surface area (TPSA) is 120 Å². The molecule has 188 valence electrons. The second-order valence-electron chi connectivity index (χ2n) is 7.58. The Labute approximate surface area is 217 Å². The summed E-state index contributed by atoms with van der Waals surface area (Å²) in [5.74, 6) is 0.780. The van der Waals surface area contributed by atoms with E-state index in [2.05, 4.69) is 15.0 Å². The van der Waals surface area contributed by atoms with Crippen LogP contribution in [-0.2, 0) is 14.8 Å². The van der Waals surface area contributed by atoms with Crippen LogP contribution in [-0.4, -0.2) is 39.3 Å². The predicted octanol–water partition coefficient (Wildman–Crippen LogP) is 5.34. The van der Waals surface area contributed by atoms with Crippen molar-refractivity contribution in [1.82, 2.24) is 4.98 Å². The average Bonchev–Trinajstić information content (AvgIpc) is 3.27. The van der Waals surface area contributed by atoms with E-state index in [-0.39, 0.29) is 21.8 Å².